The number of carbonyl (C=O) groups is 4. The highest BCUT2D eigenvalue weighted by molar-refractivity contribution is 6.30. The molecule has 2 aromatic rings. The molecule has 0 spiro atoms. The molecule has 13 heteroatoms. The molecule has 0 aliphatic carbocycles. The standard InChI is InChI=1S/C21H27ClN2O2.2C5H7NO3/c22-20-8-6-19(7-9-20)21(18-4-2-1-3-5-18)24-12-10-23(11-13-24)14-16-26-17-15-25;2*7-4-2-1-3(6-4)5(8)9/h1-9,21,25H,10-17H2;2*3H,1-2H2,(H,6,7)(H,8,9)/t;2*3-/m.00/s1. The highest BCUT2D eigenvalue weighted by atomic mass is 35.5. The lowest BCUT2D eigenvalue weighted by atomic mass is 9.96. The predicted molar refractivity (Wildman–Crippen MR) is 163 cm³/mol. The van der Waals surface area contributed by atoms with Gasteiger partial charge in [-0.15, -0.1) is 0 Å². The molecule has 12 nitrogen and oxygen atoms in total. The third kappa shape index (κ3) is 11.5. The molecule has 2 aromatic carbocycles. The van der Waals surface area contributed by atoms with Gasteiger partial charge in [0.2, 0.25) is 11.8 Å². The third-order valence-electron chi connectivity index (χ3n) is 7.45. The van der Waals surface area contributed by atoms with E-state index in [4.69, 9.17) is 31.7 Å². The summed E-state index contributed by atoms with van der Waals surface area (Å²) in [5.41, 5.74) is 2.59. The summed E-state index contributed by atoms with van der Waals surface area (Å²) in [5.74, 6) is -2.22. The Kier molecular flexibility index (Phi) is 14.5. The summed E-state index contributed by atoms with van der Waals surface area (Å²) in [6.45, 7) is 6.20. The van der Waals surface area contributed by atoms with Gasteiger partial charge in [0, 0.05) is 50.6 Å². The summed E-state index contributed by atoms with van der Waals surface area (Å²) >= 11 is 6.09. The van der Waals surface area contributed by atoms with Gasteiger partial charge >= 0.3 is 11.9 Å². The fourth-order valence-corrected chi connectivity index (χ4v) is 5.22. The first-order valence-corrected chi connectivity index (χ1v) is 15.1. The number of halogens is 1. The molecule has 5 N–H and O–H groups in total. The van der Waals surface area contributed by atoms with E-state index >= 15 is 0 Å². The number of aliphatic hydroxyl groups is 1. The Balaban J connectivity index is 0.000000238. The van der Waals surface area contributed by atoms with Crippen molar-refractivity contribution in [2.45, 2.75) is 43.8 Å². The number of nitrogens with zero attached hydrogens (tertiary/aromatic N) is 2. The Bertz CT molecular complexity index is 1170. The Morgan fingerprint density at radius 2 is 1.34 bits per heavy atom. The highest BCUT2D eigenvalue weighted by Gasteiger charge is 2.28. The molecule has 2 amide bonds. The van der Waals surface area contributed by atoms with E-state index in [1.807, 2.05) is 12.1 Å². The average molecular weight is 633 g/mol. The van der Waals surface area contributed by atoms with Crippen molar-refractivity contribution in [3.63, 3.8) is 0 Å². The third-order valence-corrected chi connectivity index (χ3v) is 7.70. The van der Waals surface area contributed by atoms with E-state index in [-0.39, 0.29) is 24.5 Å². The lowest BCUT2D eigenvalue weighted by Gasteiger charge is -2.39. The summed E-state index contributed by atoms with van der Waals surface area (Å²) in [6.07, 6.45) is 1.54. The van der Waals surface area contributed by atoms with Crippen molar-refractivity contribution in [3.8, 4) is 0 Å². The summed E-state index contributed by atoms with van der Waals surface area (Å²) in [4.78, 5) is 46.0. The maximum absolute atomic E-state index is 10.4. The number of carboxylic acids is 2. The van der Waals surface area contributed by atoms with Gasteiger partial charge < -0.3 is 30.7 Å². The molecule has 3 atom stereocenters. The summed E-state index contributed by atoms with van der Waals surface area (Å²) < 4.78 is 5.39. The molecule has 0 radical (unpaired) electrons. The smallest absolute Gasteiger partial charge is 0.326 e. The number of hydrogen-bond acceptors (Lipinski definition) is 8. The number of carboxylic acid groups (broad SMARTS) is 2. The van der Waals surface area contributed by atoms with E-state index in [0.29, 0.717) is 38.9 Å². The van der Waals surface area contributed by atoms with Gasteiger partial charge in [0.05, 0.1) is 25.9 Å². The minimum Gasteiger partial charge on any atom is -0.480 e. The number of aliphatic hydroxyl groups excluding tert-OH is 1. The molecule has 3 aliphatic heterocycles. The molecule has 3 aliphatic rings. The Labute approximate surface area is 261 Å². The van der Waals surface area contributed by atoms with Crippen LogP contribution in [0.3, 0.4) is 0 Å². The number of amides is 2. The average Bonchev–Trinajstić information content (AvgIpc) is 3.67. The molecule has 44 heavy (non-hydrogen) atoms. The highest BCUT2D eigenvalue weighted by Crippen LogP contribution is 2.30. The largest absolute Gasteiger partial charge is 0.480 e. The molecular formula is C31H41ClN4O8. The molecule has 5 rings (SSSR count). The Morgan fingerprint density at radius 3 is 1.77 bits per heavy atom. The van der Waals surface area contributed by atoms with Crippen molar-refractivity contribution in [1.29, 1.82) is 0 Å². The molecule has 240 valence electrons. The van der Waals surface area contributed by atoms with Crippen molar-refractivity contribution >= 4 is 35.4 Å². The van der Waals surface area contributed by atoms with Gasteiger partial charge in [0.25, 0.3) is 0 Å². The van der Waals surface area contributed by atoms with Crippen LogP contribution in [0.2, 0.25) is 5.02 Å². The van der Waals surface area contributed by atoms with Crippen LogP contribution in [-0.2, 0) is 23.9 Å². The van der Waals surface area contributed by atoms with E-state index < -0.39 is 24.0 Å². The quantitative estimate of drug-likeness (QED) is 0.243. The van der Waals surface area contributed by atoms with E-state index in [1.54, 1.807) is 0 Å². The normalized spacial score (nSPS) is 20.8. The second-order valence-corrected chi connectivity index (χ2v) is 11.0. The number of piperazine rings is 1. The molecule has 3 fully saturated rings. The number of rotatable bonds is 10. The Morgan fingerprint density at radius 1 is 0.818 bits per heavy atom. The fraction of sp³-hybridized carbons (Fsp3) is 0.484. The van der Waals surface area contributed by atoms with Gasteiger partial charge in [-0.2, -0.15) is 0 Å². The molecule has 1 unspecified atom stereocenters. The van der Waals surface area contributed by atoms with Crippen LogP contribution in [0.15, 0.2) is 54.6 Å². The number of carbonyl (C=O) groups excluding carboxylic acids is 2. The number of aliphatic carboxylic acids is 2. The predicted octanol–water partition coefficient (Wildman–Crippen LogP) is 1.76. The topological polar surface area (TPSA) is 169 Å². The van der Waals surface area contributed by atoms with Crippen LogP contribution < -0.4 is 10.6 Å². The van der Waals surface area contributed by atoms with Crippen molar-refractivity contribution in [1.82, 2.24) is 20.4 Å². The van der Waals surface area contributed by atoms with Crippen molar-refractivity contribution in [2.75, 3.05) is 52.5 Å². The Hall–Kier alpha value is -3.55. The number of benzene rings is 2. The van der Waals surface area contributed by atoms with Gasteiger partial charge in [-0.05, 0) is 36.1 Å². The van der Waals surface area contributed by atoms with Gasteiger partial charge in [-0.3, -0.25) is 19.4 Å². The van der Waals surface area contributed by atoms with Crippen molar-refractivity contribution in [2.24, 2.45) is 0 Å². The van der Waals surface area contributed by atoms with Gasteiger partial charge in [-0.1, -0.05) is 54.1 Å². The van der Waals surface area contributed by atoms with E-state index in [1.165, 1.54) is 11.1 Å². The SMILES string of the molecule is O=C1CC[C@@H](C(=O)O)N1.O=C1CC[C@@H](C(=O)O)N1.OCCOCCN1CCN(C(c2ccccc2)c2ccc(Cl)cc2)CC1. The molecule has 0 aromatic heterocycles. The number of ether oxygens (including phenoxy) is 1. The first kappa shape index (κ1) is 34.9. The van der Waals surface area contributed by atoms with Crippen LogP contribution in [0.1, 0.15) is 42.9 Å². The summed E-state index contributed by atoms with van der Waals surface area (Å²) in [5, 5.41) is 30.8. The maximum Gasteiger partial charge on any atom is 0.326 e. The molecule has 0 bridgehead atoms. The minimum absolute atomic E-state index is 0.0909. The second-order valence-electron chi connectivity index (χ2n) is 10.6. The zero-order chi connectivity index (χ0) is 31.9. The lowest BCUT2D eigenvalue weighted by molar-refractivity contribution is -0.140. The van der Waals surface area contributed by atoms with Crippen LogP contribution in [-0.4, -0.2) is 114 Å². The van der Waals surface area contributed by atoms with Gasteiger partial charge in [0.15, 0.2) is 0 Å². The molecule has 3 heterocycles. The minimum atomic E-state index is -0.944. The van der Waals surface area contributed by atoms with Crippen LogP contribution >= 0.6 is 11.6 Å². The summed E-state index contributed by atoms with van der Waals surface area (Å²) in [6, 6.07) is 17.9. The van der Waals surface area contributed by atoms with E-state index in [2.05, 4.69) is 62.9 Å². The first-order chi connectivity index (χ1) is 21.2. The van der Waals surface area contributed by atoms with E-state index in [0.717, 1.165) is 37.7 Å². The monoisotopic (exact) mass is 632 g/mol. The zero-order valence-electron chi connectivity index (χ0n) is 24.6. The van der Waals surface area contributed by atoms with E-state index in [9.17, 15) is 19.2 Å². The van der Waals surface area contributed by atoms with Crippen LogP contribution in [0.4, 0.5) is 0 Å². The van der Waals surface area contributed by atoms with Gasteiger partial charge in [-0.25, -0.2) is 9.59 Å². The maximum atomic E-state index is 10.4. The van der Waals surface area contributed by atoms with Crippen LogP contribution in [0.5, 0.6) is 0 Å². The number of hydrogen-bond donors (Lipinski definition) is 5. The van der Waals surface area contributed by atoms with Crippen molar-refractivity contribution < 1.29 is 39.2 Å². The summed E-state index contributed by atoms with van der Waals surface area (Å²) in [7, 11) is 0. The first-order valence-electron chi connectivity index (χ1n) is 14.7. The molecule has 3 saturated heterocycles. The fourth-order valence-electron chi connectivity index (χ4n) is 5.10. The number of nitrogens with one attached hydrogen (secondary N) is 2. The van der Waals surface area contributed by atoms with Crippen LogP contribution in [0, 0.1) is 0 Å². The lowest BCUT2D eigenvalue weighted by Crippen LogP contribution is -2.48. The van der Waals surface area contributed by atoms with Crippen LogP contribution in [0.25, 0.3) is 0 Å². The van der Waals surface area contributed by atoms with Gasteiger partial charge in [0.1, 0.15) is 12.1 Å². The molecular weight excluding hydrogens is 592 g/mol. The van der Waals surface area contributed by atoms with Crippen molar-refractivity contribution in [3.05, 3.63) is 70.7 Å². The zero-order valence-corrected chi connectivity index (χ0v) is 25.3. The second kappa shape index (κ2) is 18.3. The molecule has 0 saturated carbocycles.